The van der Waals surface area contributed by atoms with Gasteiger partial charge in [-0.25, -0.2) is 0 Å². The van der Waals surface area contributed by atoms with Crippen LogP contribution in [-0.4, -0.2) is 35.8 Å². The monoisotopic (exact) mass is 289 g/mol. The molecule has 0 aromatic heterocycles. The number of benzene rings is 1. The molecule has 5 nitrogen and oxygen atoms in total. The molecule has 2 amide bonds. The molecular formula is C16H23N3O2. The van der Waals surface area contributed by atoms with Crippen LogP contribution in [-0.2, 0) is 9.59 Å². The van der Waals surface area contributed by atoms with Crippen LogP contribution in [0.25, 0.3) is 0 Å². The zero-order chi connectivity index (χ0) is 15.2. The third-order valence-electron chi connectivity index (χ3n) is 3.60. The second kappa shape index (κ2) is 7.11. The van der Waals surface area contributed by atoms with Crippen LogP contribution < -0.4 is 10.6 Å². The van der Waals surface area contributed by atoms with Crippen LogP contribution in [0.2, 0.25) is 0 Å². The van der Waals surface area contributed by atoms with Gasteiger partial charge in [0.05, 0.1) is 0 Å². The summed E-state index contributed by atoms with van der Waals surface area (Å²) in [5, 5.41) is 5.95. The minimum Gasteiger partial charge on any atom is -0.374 e. The van der Waals surface area contributed by atoms with Crippen LogP contribution in [0.4, 0.5) is 11.4 Å². The number of anilines is 2. The number of likely N-dealkylation sites (tertiary alicyclic amines) is 1. The predicted molar refractivity (Wildman–Crippen MR) is 84.3 cm³/mol. The number of nitrogens with one attached hydrogen (secondary N) is 2. The number of hydrogen-bond donors (Lipinski definition) is 2. The zero-order valence-electron chi connectivity index (χ0n) is 12.7. The fraction of sp³-hybridized carbons (Fsp3) is 0.500. The number of amides is 2. The van der Waals surface area contributed by atoms with E-state index < -0.39 is 0 Å². The van der Waals surface area contributed by atoms with E-state index >= 15 is 0 Å². The summed E-state index contributed by atoms with van der Waals surface area (Å²) in [5.41, 5.74) is 1.56. The van der Waals surface area contributed by atoms with Gasteiger partial charge in [0, 0.05) is 31.4 Å². The average Bonchev–Trinajstić information content (AvgIpc) is 2.47. The maximum atomic E-state index is 12.4. The molecule has 1 aliphatic heterocycles. The highest BCUT2D eigenvalue weighted by atomic mass is 16.2. The third kappa shape index (κ3) is 4.48. The lowest BCUT2D eigenvalue weighted by Gasteiger charge is -2.29. The Balaban J connectivity index is 1.96. The second-order valence-electron chi connectivity index (χ2n) is 5.51. The van der Waals surface area contributed by atoms with Gasteiger partial charge in [-0.15, -0.1) is 0 Å². The molecule has 1 aromatic rings. The van der Waals surface area contributed by atoms with E-state index in [1.54, 1.807) is 0 Å². The molecule has 0 unspecified atom stereocenters. The molecule has 2 N–H and O–H groups in total. The van der Waals surface area contributed by atoms with E-state index in [1.807, 2.05) is 36.1 Å². The van der Waals surface area contributed by atoms with Crippen molar-refractivity contribution in [2.24, 2.45) is 0 Å². The highest BCUT2D eigenvalue weighted by Crippen LogP contribution is 2.17. The van der Waals surface area contributed by atoms with Crippen molar-refractivity contribution in [3.8, 4) is 0 Å². The van der Waals surface area contributed by atoms with Crippen molar-refractivity contribution in [2.75, 3.05) is 23.7 Å². The van der Waals surface area contributed by atoms with Crippen LogP contribution in [0, 0.1) is 0 Å². The maximum absolute atomic E-state index is 12.4. The third-order valence-corrected chi connectivity index (χ3v) is 3.60. The van der Waals surface area contributed by atoms with Crippen molar-refractivity contribution in [2.45, 2.75) is 39.2 Å². The SMILES string of the molecule is CC(=O)Nc1cccc(N[C@@H](C)C(=O)N2CCCCC2)c1. The largest absolute Gasteiger partial charge is 0.374 e. The van der Waals surface area contributed by atoms with Crippen LogP contribution in [0.1, 0.15) is 33.1 Å². The first-order chi connectivity index (χ1) is 10.1. The summed E-state index contributed by atoms with van der Waals surface area (Å²) in [6, 6.07) is 7.14. The molecule has 2 rings (SSSR count). The number of hydrogen-bond acceptors (Lipinski definition) is 3. The Bertz CT molecular complexity index is 510. The Morgan fingerprint density at radius 2 is 1.81 bits per heavy atom. The minimum atomic E-state index is -0.268. The number of piperidine rings is 1. The van der Waals surface area contributed by atoms with Crippen molar-refractivity contribution in [1.82, 2.24) is 4.90 Å². The average molecular weight is 289 g/mol. The minimum absolute atomic E-state index is 0.107. The fourth-order valence-electron chi connectivity index (χ4n) is 2.59. The number of carbonyl (C=O) groups excluding carboxylic acids is 2. The van der Waals surface area contributed by atoms with E-state index in [2.05, 4.69) is 10.6 Å². The standard InChI is InChI=1S/C16H23N3O2/c1-12(16(21)19-9-4-3-5-10-19)17-14-7-6-8-15(11-14)18-13(2)20/h6-8,11-12,17H,3-5,9-10H2,1-2H3,(H,18,20)/t12-/m0/s1. The molecule has 0 radical (unpaired) electrons. The van der Waals surface area contributed by atoms with E-state index in [9.17, 15) is 9.59 Å². The van der Waals surface area contributed by atoms with Gasteiger partial charge in [-0.1, -0.05) is 6.07 Å². The Hall–Kier alpha value is -2.04. The quantitative estimate of drug-likeness (QED) is 0.895. The molecule has 21 heavy (non-hydrogen) atoms. The number of rotatable bonds is 4. The predicted octanol–water partition coefficient (Wildman–Crippen LogP) is 2.46. The van der Waals surface area contributed by atoms with Gasteiger partial charge in [0.2, 0.25) is 11.8 Å². The smallest absolute Gasteiger partial charge is 0.244 e. The molecule has 1 aliphatic rings. The number of carbonyl (C=O) groups is 2. The van der Waals surface area contributed by atoms with Crippen molar-refractivity contribution < 1.29 is 9.59 Å². The van der Waals surface area contributed by atoms with E-state index in [-0.39, 0.29) is 17.9 Å². The number of nitrogens with zero attached hydrogens (tertiary/aromatic N) is 1. The molecule has 1 heterocycles. The van der Waals surface area contributed by atoms with E-state index in [0.717, 1.165) is 37.3 Å². The highest BCUT2D eigenvalue weighted by Gasteiger charge is 2.21. The summed E-state index contributed by atoms with van der Waals surface area (Å²) in [5.74, 6) is 0.0317. The second-order valence-corrected chi connectivity index (χ2v) is 5.51. The summed E-state index contributed by atoms with van der Waals surface area (Å²) < 4.78 is 0. The van der Waals surface area contributed by atoms with Crippen molar-refractivity contribution in [3.05, 3.63) is 24.3 Å². The summed E-state index contributed by atoms with van der Waals surface area (Å²) in [4.78, 5) is 25.4. The summed E-state index contributed by atoms with van der Waals surface area (Å²) in [6.07, 6.45) is 3.40. The van der Waals surface area contributed by atoms with Crippen LogP contribution in [0.15, 0.2) is 24.3 Å². The van der Waals surface area contributed by atoms with Gasteiger partial charge in [-0.3, -0.25) is 9.59 Å². The zero-order valence-corrected chi connectivity index (χ0v) is 12.7. The van der Waals surface area contributed by atoms with Crippen LogP contribution in [0.3, 0.4) is 0 Å². The Labute approximate surface area is 125 Å². The summed E-state index contributed by atoms with van der Waals surface area (Å²) in [6.45, 7) is 5.07. The van der Waals surface area contributed by atoms with E-state index in [4.69, 9.17) is 0 Å². The lowest BCUT2D eigenvalue weighted by molar-refractivity contribution is -0.132. The Morgan fingerprint density at radius 3 is 2.48 bits per heavy atom. The molecule has 0 spiro atoms. The van der Waals surface area contributed by atoms with Crippen LogP contribution >= 0.6 is 0 Å². The fourth-order valence-corrected chi connectivity index (χ4v) is 2.59. The van der Waals surface area contributed by atoms with Gasteiger partial charge >= 0.3 is 0 Å². The lowest BCUT2D eigenvalue weighted by atomic mass is 10.1. The highest BCUT2D eigenvalue weighted by molar-refractivity contribution is 5.89. The Kier molecular flexibility index (Phi) is 5.20. The van der Waals surface area contributed by atoms with Gasteiger partial charge in [0.1, 0.15) is 6.04 Å². The van der Waals surface area contributed by atoms with Gasteiger partial charge in [0.25, 0.3) is 0 Å². The molecule has 1 aromatic carbocycles. The van der Waals surface area contributed by atoms with Crippen molar-refractivity contribution in [3.63, 3.8) is 0 Å². The normalized spacial score (nSPS) is 16.2. The summed E-state index contributed by atoms with van der Waals surface area (Å²) in [7, 11) is 0. The van der Waals surface area contributed by atoms with Gasteiger partial charge < -0.3 is 15.5 Å². The van der Waals surface area contributed by atoms with Crippen molar-refractivity contribution >= 4 is 23.2 Å². The molecule has 114 valence electrons. The molecule has 1 atom stereocenters. The van der Waals surface area contributed by atoms with Crippen LogP contribution in [0.5, 0.6) is 0 Å². The Morgan fingerprint density at radius 1 is 1.14 bits per heavy atom. The molecule has 1 fully saturated rings. The van der Waals surface area contributed by atoms with E-state index in [0.29, 0.717) is 0 Å². The van der Waals surface area contributed by atoms with E-state index in [1.165, 1.54) is 13.3 Å². The lowest BCUT2D eigenvalue weighted by Crippen LogP contribution is -2.43. The first-order valence-electron chi connectivity index (χ1n) is 7.49. The first-order valence-corrected chi connectivity index (χ1v) is 7.49. The molecule has 0 aliphatic carbocycles. The molecule has 0 bridgehead atoms. The maximum Gasteiger partial charge on any atom is 0.244 e. The summed E-state index contributed by atoms with van der Waals surface area (Å²) >= 11 is 0. The topological polar surface area (TPSA) is 61.4 Å². The molecule has 0 saturated carbocycles. The van der Waals surface area contributed by atoms with Gasteiger partial charge in [0.15, 0.2) is 0 Å². The molecular weight excluding hydrogens is 266 g/mol. The molecule has 1 saturated heterocycles. The molecule has 5 heteroatoms. The van der Waals surface area contributed by atoms with Gasteiger partial charge in [-0.05, 0) is 44.4 Å². The van der Waals surface area contributed by atoms with Gasteiger partial charge in [-0.2, -0.15) is 0 Å². The first kappa shape index (κ1) is 15.4. The van der Waals surface area contributed by atoms with Crippen molar-refractivity contribution in [1.29, 1.82) is 0 Å².